The fraction of sp³-hybridized carbons (Fsp3) is 0.558. The molecule has 4 heterocycles. The lowest BCUT2D eigenvalue weighted by molar-refractivity contribution is -0.161. The molecule has 0 radical (unpaired) electrons. The molecule has 10 atom stereocenters. The number of rotatable bonds is 9. The van der Waals surface area contributed by atoms with E-state index in [4.69, 9.17) is 15.2 Å². The highest BCUT2D eigenvalue weighted by Gasteiger charge is 2.45. The van der Waals surface area contributed by atoms with E-state index in [9.17, 15) is 57.8 Å². The van der Waals surface area contributed by atoms with Crippen LogP contribution < -0.4 is 43.0 Å². The number of ether oxygens (including phenoxy) is 2. The highest BCUT2D eigenvalue weighted by atomic mass is 32.2. The molecule has 3 aliphatic rings. The average Bonchev–Trinajstić information content (AvgIpc) is 3.85. The molecule has 25 heteroatoms. The number of benzene rings is 1. The minimum Gasteiger partial charge on any atom is -0.462 e. The number of fused-ring (bicyclic) bond motifs is 5. The molecule has 1 fully saturated rings. The zero-order valence-corrected chi connectivity index (χ0v) is 39.0. The number of aliphatic hydroxyl groups excluding tert-OH is 1. The molecule has 370 valence electrons. The van der Waals surface area contributed by atoms with Gasteiger partial charge in [-0.05, 0) is 17.5 Å². The van der Waals surface area contributed by atoms with Crippen molar-refractivity contribution in [1.82, 2.24) is 47.1 Å². The van der Waals surface area contributed by atoms with Crippen molar-refractivity contribution in [2.24, 2.45) is 17.6 Å². The molecular formula is C43H58N10O14S. The highest BCUT2D eigenvalue weighted by Crippen LogP contribution is 2.32. The molecule has 0 saturated carbocycles. The van der Waals surface area contributed by atoms with E-state index in [1.807, 2.05) is 0 Å². The smallest absolute Gasteiger partial charge is 0.303 e. The molecule has 1 aromatic carbocycles. The number of nitrogens with two attached hydrogens (primary N) is 1. The zero-order chi connectivity index (χ0) is 50.0. The van der Waals surface area contributed by atoms with E-state index >= 15 is 0 Å². The number of carbonyl (C=O) groups is 11. The monoisotopic (exact) mass is 970 g/mol. The van der Waals surface area contributed by atoms with Crippen LogP contribution in [0, 0.1) is 11.8 Å². The molecule has 2 aromatic rings. The Hall–Kier alpha value is -6.76. The van der Waals surface area contributed by atoms with E-state index in [0.29, 0.717) is 27.9 Å². The van der Waals surface area contributed by atoms with Crippen molar-refractivity contribution in [2.45, 2.75) is 114 Å². The first-order valence-corrected chi connectivity index (χ1v) is 23.0. The first-order chi connectivity index (χ1) is 32.2. The molecule has 2 bridgehead atoms. The van der Waals surface area contributed by atoms with Gasteiger partial charge in [0.15, 0.2) is 0 Å². The first kappa shape index (κ1) is 52.2. The van der Waals surface area contributed by atoms with Gasteiger partial charge in [-0.15, -0.1) is 11.8 Å². The number of aliphatic hydroxyl groups is 1. The van der Waals surface area contributed by atoms with Crippen molar-refractivity contribution in [3.05, 3.63) is 29.8 Å². The number of aromatic nitrogens is 1. The van der Waals surface area contributed by atoms with Gasteiger partial charge in [-0.25, -0.2) is 0 Å². The summed E-state index contributed by atoms with van der Waals surface area (Å²) >= 11 is 1.01. The highest BCUT2D eigenvalue weighted by molar-refractivity contribution is 7.99. The van der Waals surface area contributed by atoms with Gasteiger partial charge in [0, 0.05) is 55.8 Å². The summed E-state index contributed by atoms with van der Waals surface area (Å²) in [5.74, 6) is -12.1. The number of carbonyl (C=O) groups excluding carboxylic acids is 11. The summed E-state index contributed by atoms with van der Waals surface area (Å²) in [6.07, 6.45) is -3.82. The summed E-state index contributed by atoms with van der Waals surface area (Å²) in [5, 5.41) is 29.6. The van der Waals surface area contributed by atoms with Gasteiger partial charge in [0.2, 0.25) is 53.2 Å². The lowest BCUT2D eigenvalue weighted by atomic mass is 9.93. The zero-order valence-electron chi connectivity index (χ0n) is 38.1. The average molecular weight is 971 g/mol. The van der Waals surface area contributed by atoms with Gasteiger partial charge in [-0.1, -0.05) is 45.4 Å². The molecule has 3 aliphatic heterocycles. The third-order valence-electron chi connectivity index (χ3n) is 11.9. The van der Waals surface area contributed by atoms with E-state index in [1.54, 1.807) is 38.1 Å². The van der Waals surface area contributed by atoms with Gasteiger partial charge >= 0.3 is 11.9 Å². The van der Waals surface area contributed by atoms with Crippen LogP contribution in [0.25, 0.3) is 10.9 Å². The maximum Gasteiger partial charge on any atom is 0.303 e. The molecule has 3 unspecified atom stereocenters. The van der Waals surface area contributed by atoms with Crippen LogP contribution in [0.15, 0.2) is 29.3 Å². The Balaban J connectivity index is 1.72. The third-order valence-corrected chi connectivity index (χ3v) is 13.0. The van der Waals surface area contributed by atoms with Crippen LogP contribution in [-0.4, -0.2) is 161 Å². The number of para-hydroxylation sites is 1. The number of hydrogen-bond donors (Lipinski definition) is 10. The number of nitrogens with one attached hydrogen (secondary N) is 8. The van der Waals surface area contributed by atoms with Crippen molar-refractivity contribution in [3.8, 4) is 0 Å². The van der Waals surface area contributed by atoms with Crippen molar-refractivity contribution in [2.75, 3.05) is 32.0 Å². The Kier molecular flexibility index (Phi) is 17.9. The molecule has 1 aromatic heterocycles. The van der Waals surface area contributed by atoms with Crippen LogP contribution in [0.5, 0.6) is 0 Å². The molecule has 24 nitrogen and oxygen atoms in total. The lowest BCUT2D eigenvalue weighted by Crippen LogP contribution is -2.62. The van der Waals surface area contributed by atoms with Gasteiger partial charge < -0.3 is 67.4 Å². The van der Waals surface area contributed by atoms with E-state index < -0.39 is 164 Å². The van der Waals surface area contributed by atoms with Crippen LogP contribution in [-0.2, 0) is 68.6 Å². The van der Waals surface area contributed by atoms with E-state index in [1.165, 1.54) is 6.92 Å². The number of thioether (sulfide) groups is 1. The summed E-state index contributed by atoms with van der Waals surface area (Å²) in [7, 11) is 0. The number of nitrogens with zero attached hydrogens (tertiary/aromatic N) is 1. The normalized spacial score (nSPS) is 26.2. The quantitative estimate of drug-likeness (QED) is 0.109. The van der Waals surface area contributed by atoms with Crippen molar-refractivity contribution < 1.29 is 67.3 Å². The maximum absolute atomic E-state index is 14.8. The number of hydrogen-bond acceptors (Lipinski definition) is 15. The number of esters is 2. The molecule has 68 heavy (non-hydrogen) atoms. The van der Waals surface area contributed by atoms with Crippen molar-refractivity contribution >= 4 is 87.8 Å². The minimum atomic E-state index is -1.76. The molecule has 5 rings (SSSR count). The Morgan fingerprint density at radius 3 is 2.16 bits per heavy atom. The maximum atomic E-state index is 14.8. The van der Waals surface area contributed by atoms with Gasteiger partial charge in [-0.3, -0.25) is 52.7 Å². The summed E-state index contributed by atoms with van der Waals surface area (Å²) in [5.41, 5.74) is 6.53. The predicted octanol–water partition coefficient (Wildman–Crippen LogP) is -3.50. The van der Waals surface area contributed by atoms with Crippen LogP contribution in [0.3, 0.4) is 0 Å². The fourth-order valence-corrected chi connectivity index (χ4v) is 9.17. The summed E-state index contributed by atoms with van der Waals surface area (Å²) in [4.78, 5) is 154. The van der Waals surface area contributed by atoms with Gasteiger partial charge in [-0.2, -0.15) is 0 Å². The van der Waals surface area contributed by atoms with E-state index in [-0.39, 0.29) is 12.2 Å². The van der Waals surface area contributed by atoms with Gasteiger partial charge in [0.05, 0.1) is 30.6 Å². The summed E-state index contributed by atoms with van der Waals surface area (Å²) < 4.78 is 10.6. The molecule has 11 N–H and O–H groups in total. The largest absolute Gasteiger partial charge is 0.462 e. The molecule has 1 saturated heterocycles. The standard InChI is InChI=1S/C43H58N10O14S/c1-6-19(2)35-40(63)46-14-33(58)47-29-18-68-42-25(24-9-7-8-10-26(24)50-42)12-27(37(60)45-15-34(59)51-35)48-41(64)36(20(3)31(67-22(5)55)17-66-21(4)54)52-39(62)30-11-23(56)16-53(30)43(65)28(13-32(44)57)49-38(29)61/h7-10,19-20,23,27-31,35-36,50,56H,6,11-18H2,1-5H3,(H2,44,57)(H,45,60)(H,46,63)(H,47,58)(H,48,64)(H,49,61)(H,51,59)(H,52,62)/t19-,20-,23?,27?,28?,29-,30-,31-,35-,36-/m0/s1. The predicted molar refractivity (Wildman–Crippen MR) is 239 cm³/mol. The Morgan fingerprint density at radius 2 is 1.50 bits per heavy atom. The molecule has 0 aliphatic carbocycles. The number of primary amides is 1. The second-order valence-electron chi connectivity index (χ2n) is 17.0. The number of amides is 9. The summed E-state index contributed by atoms with van der Waals surface area (Å²) in [6, 6.07) is -2.44. The fourth-order valence-electron chi connectivity index (χ4n) is 8.05. The van der Waals surface area contributed by atoms with E-state index in [0.717, 1.165) is 30.5 Å². The first-order valence-electron chi connectivity index (χ1n) is 22.0. The third kappa shape index (κ3) is 13.4. The molecule has 0 spiro atoms. The Morgan fingerprint density at radius 1 is 0.824 bits per heavy atom. The topological polar surface area (TPSA) is 356 Å². The summed E-state index contributed by atoms with van der Waals surface area (Å²) in [6.45, 7) is 4.57. The molecule has 9 amide bonds. The molecular weight excluding hydrogens is 913 g/mol. The second kappa shape index (κ2) is 23.3. The Labute approximate surface area is 394 Å². The van der Waals surface area contributed by atoms with Crippen molar-refractivity contribution in [1.29, 1.82) is 0 Å². The number of aromatic amines is 1. The van der Waals surface area contributed by atoms with Gasteiger partial charge in [0.1, 0.15) is 49.0 Å². The van der Waals surface area contributed by atoms with Crippen molar-refractivity contribution in [3.63, 3.8) is 0 Å². The second-order valence-corrected chi connectivity index (χ2v) is 18.0. The Bertz CT molecular complexity index is 2310. The van der Waals surface area contributed by atoms with Crippen LogP contribution in [0.2, 0.25) is 0 Å². The minimum absolute atomic E-state index is 0.273. The van der Waals surface area contributed by atoms with Crippen LogP contribution in [0.1, 0.15) is 59.4 Å². The van der Waals surface area contributed by atoms with Crippen LogP contribution in [0.4, 0.5) is 0 Å². The van der Waals surface area contributed by atoms with Crippen LogP contribution >= 0.6 is 11.8 Å². The van der Waals surface area contributed by atoms with Gasteiger partial charge in [0.25, 0.3) is 0 Å². The SMILES string of the molecule is CC[C@H](C)[C@@H]1NC(=O)CNC(=O)C2Cc3c([nH]c4ccccc34)SC[C@H](NC(=O)CNC1=O)C(=O)NC(CC(N)=O)C(=O)N1CC(O)C[C@H]1C(=O)N[C@@H]([C@@H](C)[C@H](COC(C)=O)OC(C)=O)C(=O)N2. The number of H-pyrrole nitrogens is 1. The van der Waals surface area contributed by atoms with E-state index in [2.05, 4.69) is 42.2 Å². The lowest BCUT2D eigenvalue weighted by Gasteiger charge is -2.33.